The molecular weight excluding hydrogens is 415 g/mol. The van der Waals surface area contributed by atoms with Crippen LogP contribution in [0.4, 0.5) is 18.9 Å². The number of allylic oxidation sites excluding steroid dienone is 1. The first-order valence-corrected chi connectivity index (χ1v) is 10.7. The first kappa shape index (κ1) is 21.9. The molecular formula is C25H24F3N3O. The maximum Gasteiger partial charge on any atom is 0.433 e. The number of amides is 1. The number of para-hydroxylation sites is 1. The third kappa shape index (κ3) is 4.77. The van der Waals surface area contributed by atoms with Crippen LogP contribution in [0.15, 0.2) is 66.4 Å². The number of nitrogens with zero attached hydrogens (tertiary/aromatic N) is 1. The third-order valence-electron chi connectivity index (χ3n) is 5.69. The largest absolute Gasteiger partial charge is 0.433 e. The third-order valence-corrected chi connectivity index (χ3v) is 5.69. The molecule has 0 saturated carbocycles. The summed E-state index contributed by atoms with van der Waals surface area (Å²) in [5, 5.41) is 6.90. The molecule has 1 aliphatic rings. The van der Waals surface area contributed by atoms with E-state index in [9.17, 15) is 18.0 Å². The van der Waals surface area contributed by atoms with E-state index in [1.165, 1.54) is 0 Å². The normalized spacial score (nSPS) is 16.5. The van der Waals surface area contributed by atoms with E-state index in [-0.39, 0.29) is 11.9 Å². The molecule has 32 heavy (non-hydrogen) atoms. The molecule has 4 rings (SSSR count). The maximum atomic E-state index is 13.3. The minimum Gasteiger partial charge on any atom is -0.381 e. The summed E-state index contributed by atoms with van der Waals surface area (Å²) in [4.78, 5) is 16.4. The van der Waals surface area contributed by atoms with Crippen molar-refractivity contribution in [2.24, 2.45) is 0 Å². The summed E-state index contributed by atoms with van der Waals surface area (Å²) in [7, 11) is 0. The van der Waals surface area contributed by atoms with Crippen LogP contribution in [0.25, 0.3) is 10.9 Å². The quantitative estimate of drug-likeness (QED) is 0.506. The molecule has 0 aliphatic heterocycles. The highest BCUT2D eigenvalue weighted by Gasteiger charge is 2.33. The second-order valence-electron chi connectivity index (χ2n) is 7.88. The lowest BCUT2D eigenvalue weighted by Gasteiger charge is -2.25. The average molecular weight is 439 g/mol. The number of aryl methyl sites for hydroxylation is 1. The van der Waals surface area contributed by atoms with Gasteiger partial charge in [-0.15, -0.1) is 0 Å². The minimum absolute atomic E-state index is 0.0366. The molecule has 1 amide bonds. The molecule has 2 aromatic carbocycles. The highest BCUT2D eigenvalue weighted by Crippen LogP contribution is 2.34. The van der Waals surface area contributed by atoms with Gasteiger partial charge in [0.05, 0.1) is 5.52 Å². The number of carbonyl (C=O) groups excluding carboxylic acids is 1. The number of carbonyl (C=O) groups is 1. The van der Waals surface area contributed by atoms with Crippen LogP contribution in [0.5, 0.6) is 0 Å². The summed E-state index contributed by atoms with van der Waals surface area (Å²) in [6.07, 6.45) is 0.130. The van der Waals surface area contributed by atoms with Crippen LogP contribution >= 0.6 is 0 Å². The molecule has 0 spiro atoms. The van der Waals surface area contributed by atoms with Crippen LogP contribution in [0, 0.1) is 0 Å². The lowest BCUT2D eigenvalue weighted by Crippen LogP contribution is -2.29. The van der Waals surface area contributed by atoms with Gasteiger partial charge in [0.25, 0.3) is 5.91 Å². The van der Waals surface area contributed by atoms with E-state index in [4.69, 9.17) is 0 Å². The number of fused-ring (bicyclic) bond motifs is 1. The summed E-state index contributed by atoms with van der Waals surface area (Å²) >= 11 is 0. The Morgan fingerprint density at radius 1 is 1.12 bits per heavy atom. The second-order valence-corrected chi connectivity index (χ2v) is 7.88. The minimum atomic E-state index is -4.51. The van der Waals surface area contributed by atoms with Crippen molar-refractivity contribution in [1.29, 1.82) is 0 Å². The number of anilines is 1. The molecule has 1 unspecified atom stereocenters. The van der Waals surface area contributed by atoms with Gasteiger partial charge in [-0.2, -0.15) is 13.2 Å². The van der Waals surface area contributed by atoms with E-state index in [0.29, 0.717) is 41.4 Å². The van der Waals surface area contributed by atoms with Crippen LogP contribution in [0.1, 0.15) is 47.8 Å². The van der Waals surface area contributed by atoms with Crippen molar-refractivity contribution in [2.45, 2.75) is 44.8 Å². The van der Waals surface area contributed by atoms with Crippen LogP contribution in [0.2, 0.25) is 0 Å². The van der Waals surface area contributed by atoms with E-state index in [1.54, 1.807) is 24.3 Å². The van der Waals surface area contributed by atoms with Crippen molar-refractivity contribution in [3.05, 3.63) is 83.2 Å². The number of nitrogens with one attached hydrogen (secondary N) is 2. The molecule has 0 fully saturated rings. The Hall–Kier alpha value is -3.35. The predicted octanol–water partition coefficient (Wildman–Crippen LogP) is 6.09. The van der Waals surface area contributed by atoms with Crippen LogP contribution in [0.3, 0.4) is 0 Å². The summed E-state index contributed by atoms with van der Waals surface area (Å²) in [5.74, 6) is -0.130. The van der Waals surface area contributed by atoms with E-state index in [2.05, 4.69) is 15.6 Å². The molecule has 0 bridgehead atoms. The molecule has 1 heterocycles. The van der Waals surface area contributed by atoms with Crippen LogP contribution < -0.4 is 10.6 Å². The summed E-state index contributed by atoms with van der Waals surface area (Å²) in [5.41, 5.74) is 2.32. The molecule has 4 nitrogen and oxygen atoms in total. The van der Waals surface area contributed by atoms with E-state index in [1.807, 2.05) is 37.3 Å². The highest BCUT2D eigenvalue weighted by molar-refractivity contribution is 5.96. The van der Waals surface area contributed by atoms with Crippen molar-refractivity contribution in [3.63, 3.8) is 0 Å². The van der Waals surface area contributed by atoms with E-state index in [0.717, 1.165) is 23.7 Å². The average Bonchev–Trinajstić information content (AvgIpc) is 2.79. The Morgan fingerprint density at radius 2 is 1.88 bits per heavy atom. The summed E-state index contributed by atoms with van der Waals surface area (Å²) < 4.78 is 39.9. The van der Waals surface area contributed by atoms with Crippen LogP contribution in [-0.2, 0) is 12.6 Å². The van der Waals surface area contributed by atoms with Crippen molar-refractivity contribution < 1.29 is 18.0 Å². The number of aromatic nitrogens is 1. The van der Waals surface area contributed by atoms with Gasteiger partial charge in [0.15, 0.2) is 0 Å². The smallest absolute Gasteiger partial charge is 0.381 e. The molecule has 3 aromatic rings. The highest BCUT2D eigenvalue weighted by atomic mass is 19.4. The van der Waals surface area contributed by atoms with Crippen molar-refractivity contribution in [2.75, 3.05) is 5.32 Å². The summed E-state index contributed by atoms with van der Waals surface area (Å²) in [6.45, 7) is 2.01. The fraction of sp³-hybridized carbons (Fsp3) is 0.280. The maximum absolute atomic E-state index is 13.3. The Morgan fingerprint density at radius 3 is 2.59 bits per heavy atom. The van der Waals surface area contributed by atoms with Gasteiger partial charge >= 0.3 is 6.18 Å². The first-order valence-electron chi connectivity index (χ1n) is 10.7. The Labute approximate surface area is 184 Å². The SMILES string of the molecule is CCc1ccccc1C(=O)NC1=CCC(Nc2cc(C(F)(F)F)nc3ccccc23)CC1. The molecule has 7 heteroatoms. The second kappa shape index (κ2) is 9.02. The lowest BCUT2D eigenvalue weighted by molar-refractivity contribution is -0.140. The number of benzene rings is 2. The summed E-state index contributed by atoms with van der Waals surface area (Å²) in [6, 6.07) is 15.4. The molecule has 1 aliphatic carbocycles. The predicted molar refractivity (Wildman–Crippen MR) is 119 cm³/mol. The van der Waals surface area contributed by atoms with Gasteiger partial charge in [-0.05, 0) is 49.4 Å². The molecule has 1 atom stereocenters. The molecule has 166 valence electrons. The Bertz CT molecular complexity index is 1170. The van der Waals surface area contributed by atoms with Crippen LogP contribution in [-0.4, -0.2) is 16.9 Å². The van der Waals surface area contributed by atoms with Gasteiger partial charge in [-0.25, -0.2) is 4.98 Å². The van der Waals surface area contributed by atoms with Gasteiger partial charge in [0.1, 0.15) is 5.69 Å². The zero-order valence-corrected chi connectivity index (χ0v) is 17.7. The number of hydrogen-bond donors (Lipinski definition) is 2. The zero-order valence-electron chi connectivity index (χ0n) is 17.7. The van der Waals surface area contributed by atoms with Crippen molar-refractivity contribution in [3.8, 4) is 0 Å². The number of rotatable bonds is 5. The Balaban J connectivity index is 1.48. The fourth-order valence-electron chi connectivity index (χ4n) is 4.00. The van der Waals surface area contributed by atoms with Crippen molar-refractivity contribution >= 4 is 22.5 Å². The monoisotopic (exact) mass is 439 g/mol. The number of pyridine rings is 1. The molecule has 2 N–H and O–H groups in total. The van der Waals surface area contributed by atoms with Crippen molar-refractivity contribution in [1.82, 2.24) is 10.3 Å². The van der Waals surface area contributed by atoms with Gasteiger partial charge in [-0.1, -0.05) is 49.4 Å². The molecule has 0 saturated heterocycles. The molecule has 0 radical (unpaired) electrons. The van der Waals surface area contributed by atoms with Gasteiger partial charge < -0.3 is 10.6 Å². The van der Waals surface area contributed by atoms with Gasteiger partial charge in [0.2, 0.25) is 0 Å². The molecule has 1 aromatic heterocycles. The van der Waals surface area contributed by atoms with Gasteiger partial charge in [0, 0.05) is 28.4 Å². The number of halogens is 3. The van der Waals surface area contributed by atoms with Gasteiger partial charge in [-0.3, -0.25) is 4.79 Å². The number of hydrogen-bond acceptors (Lipinski definition) is 3. The first-order chi connectivity index (χ1) is 15.3. The zero-order chi connectivity index (χ0) is 22.7. The standard InChI is InChI=1S/C25H24F3N3O/c1-2-16-7-3-4-8-19(16)24(32)30-18-13-11-17(12-14-18)29-22-15-23(25(26,27)28)31-21-10-6-5-9-20(21)22/h3-10,13,15,17H,2,11-12,14H2,1H3,(H,29,31)(H,30,32). The lowest BCUT2D eigenvalue weighted by atomic mass is 9.97. The number of alkyl halides is 3. The fourth-order valence-corrected chi connectivity index (χ4v) is 4.00. The van der Waals surface area contributed by atoms with E-state index >= 15 is 0 Å². The van der Waals surface area contributed by atoms with E-state index < -0.39 is 11.9 Å². The Kier molecular flexibility index (Phi) is 6.17. The topological polar surface area (TPSA) is 54.0 Å².